The largest absolute Gasteiger partial charge is 0.494 e. The Labute approximate surface area is 170 Å². The normalized spacial score (nSPS) is 10.7. The maximum Gasteiger partial charge on any atom is 0.255 e. The van der Waals surface area contributed by atoms with Crippen molar-refractivity contribution in [2.45, 2.75) is 52.6 Å². The van der Waals surface area contributed by atoms with Crippen molar-refractivity contribution in [3.8, 4) is 11.5 Å². The van der Waals surface area contributed by atoms with Crippen LogP contribution in [-0.2, 0) is 0 Å². The van der Waals surface area contributed by atoms with Crippen LogP contribution in [0.4, 0.5) is 5.69 Å². The van der Waals surface area contributed by atoms with Gasteiger partial charge in [-0.15, -0.1) is 0 Å². The summed E-state index contributed by atoms with van der Waals surface area (Å²) in [5.41, 5.74) is 1.27. The Morgan fingerprint density at radius 1 is 1.11 bits per heavy atom. The molecule has 2 aromatic rings. The summed E-state index contributed by atoms with van der Waals surface area (Å²) in [6.45, 7) is 6.82. The van der Waals surface area contributed by atoms with Crippen molar-refractivity contribution in [1.82, 2.24) is 0 Å². The maximum atomic E-state index is 12.5. The van der Waals surface area contributed by atoms with Crippen molar-refractivity contribution in [2.24, 2.45) is 0 Å². The number of nitrogens with one attached hydrogen (secondary N) is 1. The number of anilines is 1. The highest BCUT2D eigenvalue weighted by molar-refractivity contribution is 9.10. The van der Waals surface area contributed by atoms with Gasteiger partial charge in [-0.25, -0.2) is 0 Å². The molecule has 0 radical (unpaired) electrons. The van der Waals surface area contributed by atoms with E-state index in [0.717, 1.165) is 22.4 Å². The first kappa shape index (κ1) is 21.3. The average Bonchev–Trinajstić information content (AvgIpc) is 2.63. The van der Waals surface area contributed by atoms with Gasteiger partial charge in [0.1, 0.15) is 11.5 Å². The van der Waals surface area contributed by atoms with Gasteiger partial charge in [0.2, 0.25) is 0 Å². The lowest BCUT2D eigenvalue weighted by Gasteiger charge is -2.13. The molecule has 0 heterocycles. The van der Waals surface area contributed by atoms with Gasteiger partial charge >= 0.3 is 0 Å². The molecule has 2 rings (SSSR count). The van der Waals surface area contributed by atoms with Crippen LogP contribution < -0.4 is 14.8 Å². The molecule has 2 aromatic carbocycles. The SMILES string of the molecule is CCCCCCOc1cccc(NC(=O)c2ccc(OC(C)C)c(Br)c2)c1. The van der Waals surface area contributed by atoms with E-state index in [1.165, 1.54) is 19.3 Å². The number of ether oxygens (including phenoxy) is 2. The third kappa shape index (κ3) is 7.25. The molecule has 0 fully saturated rings. The monoisotopic (exact) mass is 433 g/mol. The second-order valence-electron chi connectivity index (χ2n) is 6.70. The van der Waals surface area contributed by atoms with Crippen molar-refractivity contribution in [3.05, 3.63) is 52.5 Å². The van der Waals surface area contributed by atoms with E-state index in [-0.39, 0.29) is 12.0 Å². The predicted molar refractivity (Wildman–Crippen MR) is 114 cm³/mol. The third-order valence-corrected chi connectivity index (χ3v) is 4.53. The second kappa shape index (κ2) is 11.0. The topological polar surface area (TPSA) is 47.6 Å². The lowest BCUT2D eigenvalue weighted by molar-refractivity contribution is 0.102. The van der Waals surface area contributed by atoms with Gasteiger partial charge in [-0.2, -0.15) is 0 Å². The summed E-state index contributed by atoms with van der Waals surface area (Å²) in [5, 5.41) is 2.92. The number of carbonyl (C=O) groups is 1. The lowest BCUT2D eigenvalue weighted by Crippen LogP contribution is -2.12. The molecule has 0 aliphatic heterocycles. The molecule has 146 valence electrons. The molecule has 0 aromatic heterocycles. The maximum absolute atomic E-state index is 12.5. The van der Waals surface area contributed by atoms with Crippen molar-refractivity contribution >= 4 is 27.5 Å². The number of hydrogen-bond acceptors (Lipinski definition) is 3. The Kier molecular flexibility index (Phi) is 8.65. The van der Waals surface area contributed by atoms with Gasteiger partial charge in [0, 0.05) is 17.3 Å². The third-order valence-electron chi connectivity index (χ3n) is 3.92. The standard InChI is InChI=1S/C22H28BrNO3/c1-4-5-6-7-13-26-19-10-8-9-18(15-19)24-22(25)17-11-12-21(20(23)14-17)27-16(2)3/h8-12,14-16H,4-7,13H2,1-3H3,(H,24,25). The number of carbonyl (C=O) groups excluding carboxylic acids is 1. The molecule has 27 heavy (non-hydrogen) atoms. The van der Waals surface area contributed by atoms with Crippen LogP contribution in [0.1, 0.15) is 56.8 Å². The highest BCUT2D eigenvalue weighted by atomic mass is 79.9. The Morgan fingerprint density at radius 2 is 1.93 bits per heavy atom. The minimum absolute atomic E-state index is 0.0747. The quantitative estimate of drug-likeness (QED) is 0.438. The van der Waals surface area contributed by atoms with Crippen LogP contribution in [0.15, 0.2) is 46.9 Å². The lowest BCUT2D eigenvalue weighted by atomic mass is 10.2. The summed E-state index contributed by atoms with van der Waals surface area (Å²) in [6, 6.07) is 12.8. The predicted octanol–water partition coefficient (Wildman–Crippen LogP) is 6.45. The van der Waals surface area contributed by atoms with E-state index < -0.39 is 0 Å². The number of amides is 1. The van der Waals surface area contributed by atoms with E-state index in [4.69, 9.17) is 9.47 Å². The summed E-state index contributed by atoms with van der Waals surface area (Å²) < 4.78 is 12.2. The molecule has 5 heteroatoms. The minimum Gasteiger partial charge on any atom is -0.494 e. The molecule has 0 saturated carbocycles. The van der Waals surface area contributed by atoms with Gasteiger partial charge in [0.25, 0.3) is 5.91 Å². The first-order chi connectivity index (χ1) is 13.0. The van der Waals surface area contributed by atoms with Gasteiger partial charge < -0.3 is 14.8 Å². The van der Waals surface area contributed by atoms with Crippen LogP contribution in [0.3, 0.4) is 0 Å². The van der Waals surface area contributed by atoms with Gasteiger partial charge in [0.05, 0.1) is 17.2 Å². The Hall–Kier alpha value is -2.01. The zero-order chi connectivity index (χ0) is 19.6. The first-order valence-corrected chi connectivity index (χ1v) is 10.3. The van der Waals surface area contributed by atoms with Crippen molar-refractivity contribution in [1.29, 1.82) is 0 Å². The molecule has 0 spiro atoms. The summed E-state index contributed by atoms with van der Waals surface area (Å²) in [5.74, 6) is 1.32. The molecule has 4 nitrogen and oxygen atoms in total. The van der Waals surface area contributed by atoms with Crippen LogP contribution in [0.25, 0.3) is 0 Å². The van der Waals surface area contributed by atoms with Gasteiger partial charge in [0.15, 0.2) is 0 Å². The molecule has 1 N–H and O–H groups in total. The number of halogens is 1. The summed E-state index contributed by atoms with van der Waals surface area (Å²) in [7, 11) is 0. The van der Waals surface area contributed by atoms with Crippen LogP contribution in [-0.4, -0.2) is 18.6 Å². The Morgan fingerprint density at radius 3 is 2.63 bits per heavy atom. The van der Waals surface area contributed by atoms with Crippen LogP contribution in [0, 0.1) is 0 Å². The van der Waals surface area contributed by atoms with Crippen LogP contribution in [0.5, 0.6) is 11.5 Å². The summed E-state index contributed by atoms with van der Waals surface area (Å²) in [6.07, 6.45) is 4.74. The van der Waals surface area contributed by atoms with Gasteiger partial charge in [-0.05, 0) is 66.5 Å². The van der Waals surface area contributed by atoms with E-state index in [2.05, 4.69) is 28.2 Å². The number of hydrogen-bond donors (Lipinski definition) is 1. The van der Waals surface area contributed by atoms with E-state index >= 15 is 0 Å². The zero-order valence-corrected chi connectivity index (χ0v) is 17.8. The van der Waals surface area contributed by atoms with Gasteiger partial charge in [-0.1, -0.05) is 32.3 Å². The molecule has 0 aliphatic rings. The zero-order valence-electron chi connectivity index (χ0n) is 16.3. The van der Waals surface area contributed by atoms with Crippen LogP contribution in [0.2, 0.25) is 0 Å². The molecule has 0 atom stereocenters. The molecular weight excluding hydrogens is 406 g/mol. The second-order valence-corrected chi connectivity index (χ2v) is 7.56. The summed E-state index contributed by atoms with van der Waals surface area (Å²) in [4.78, 5) is 12.5. The smallest absolute Gasteiger partial charge is 0.255 e. The summed E-state index contributed by atoms with van der Waals surface area (Å²) >= 11 is 3.46. The Bertz CT molecular complexity index is 746. The van der Waals surface area contributed by atoms with E-state index in [1.54, 1.807) is 18.2 Å². The van der Waals surface area contributed by atoms with E-state index in [1.807, 2.05) is 38.1 Å². The first-order valence-electron chi connectivity index (χ1n) is 9.50. The minimum atomic E-state index is -0.174. The fourth-order valence-corrected chi connectivity index (χ4v) is 3.05. The highest BCUT2D eigenvalue weighted by Crippen LogP contribution is 2.27. The Balaban J connectivity index is 1.95. The van der Waals surface area contributed by atoms with Gasteiger partial charge in [-0.3, -0.25) is 4.79 Å². The molecular formula is C22H28BrNO3. The molecule has 0 aliphatic carbocycles. The van der Waals surface area contributed by atoms with Crippen molar-refractivity contribution < 1.29 is 14.3 Å². The fourth-order valence-electron chi connectivity index (χ4n) is 2.58. The fraction of sp³-hybridized carbons (Fsp3) is 0.409. The average molecular weight is 434 g/mol. The molecule has 0 unspecified atom stereocenters. The molecule has 1 amide bonds. The molecule has 0 bridgehead atoms. The van der Waals surface area contributed by atoms with Crippen LogP contribution >= 0.6 is 15.9 Å². The van der Waals surface area contributed by atoms with Crippen molar-refractivity contribution in [3.63, 3.8) is 0 Å². The van der Waals surface area contributed by atoms with Crippen molar-refractivity contribution in [2.75, 3.05) is 11.9 Å². The number of rotatable bonds is 10. The van der Waals surface area contributed by atoms with E-state index in [0.29, 0.717) is 17.9 Å². The highest BCUT2D eigenvalue weighted by Gasteiger charge is 2.11. The number of unbranched alkanes of at least 4 members (excludes halogenated alkanes) is 3. The molecule has 0 saturated heterocycles. The van der Waals surface area contributed by atoms with E-state index in [9.17, 15) is 4.79 Å². The number of benzene rings is 2.